The summed E-state index contributed by atoms with van der Waals surface area (Å²) in [6.07, 6.45) is -25.9. The molecular weight excluding hydrogens is 1100 g/mol. The Morgan fingerprint density at radius 1 is 0.667 bits per heavy atom. The fourth-order valence-electron chi connectivity index (χ4n) is 17.6. The van der Waals surface area contributed by atoms with E-state index in [-0.39, 0.29) is 69.2 Å². The average Bonchev–Trinajstić information content (AvgIpc) is 0.698. The quantitative estimate of drug-likeness (QED) is 0.0435. The summed E-state index contributed by atoms with van der Waals surface area (Å²) in [5.41, 5.74) is -0.387. The van der Waals surface area contributed by atoms with E-state index in [0.717, 1.165) is 57.7 Å². The fourth-order valence-corrected chi connectivity index (χ4v) is 17.6. The van der Waals surface area contributed by atoms with Gasteiger partial charge in [-0.05, 0) is 103 Å². The third-order valence-corrected chi connectivity index (χ3v) is 23.4. The maximum Gasteiger partial charge on any atom is 0.335 e. The molecule has 0 spiro atoms. The van der Waals surface area contributed by atoms with Crippen molar-refractivity contribution in [3.63, 3.8) is 0 Å². The number of allylic oxidation sites excluding steroid dienone is 2. The van der Waals surface area contributed by atoms with Crippen LogP contribution in [0.2, 0.25) is 0 Å². The highest BCUT2D eigenvalue weighted by molar-refractivity contribution is 5.73. The number of carbonyl (C=O) groups excluding carboxylic acids is 2. The minimum absolute atomic E-state index is 0.0766. The van der Waals surface area contributed by atoms with Crippen LogP contribution in [-0.2, 0) is 57.0 Å². The van der Waals surface area contributed by atoms with Crippen molar-refractivity contribution in [3.8, 4) is 0 Å². The maximum absolute atomic E-state index is 13.9. The van der Waals surface area contributed by atoms with Crippen LogP contribution in [0.5, 0.6) is 0 Å². The Hall–Kier alpha value is -2.41. The van der Waals surface area contributed by atoms with Crippen molar-refractivity contribution >= 4 is 18.2 Å². The zero-order chi connectivity index (χ0) is 61.7. The van der Waals surface area contributed by atoms with Crippen LogP contribution in [0.1, 0.15) is 133 Å². The van der Waals surface area contributed by atoms with Crippen molar-refractivity contribution in [2.24, 2.45) is 62.1 Å². The van der Waals surface area contributed by atoms with E-state index in [1.165, 1.54) is 5.57 Å². The van der Waals surface area contributed by atoms with Crippen LogP contribution in [-0.4, -0.2) is 228 Å². The first-order valence-electron chi connectivity index (χ1n) is 30.5. The number of aliphatic hydroxyl groups excluding tert-OH is 11. The molecule has 12 N–H and O–H groups in total. The average molecular weight is 1200 g/mol. The molecule has 1 unspecified atom stereocenters. The van der Waals surface area contributed by atoms with Gasteiger partial charge < -0.3 is 109 Å². The number of carbonyl (C=O) groups is 3. The molecule has 0 aromatic carbocycles. The molecule has 0 amide bonds. The molecule has 5 aliphatic carbocycles. The zero-order valence-electron chi connectivity index (χ0n) is 50.1. The Kier molecular flexibility index (Phi) is 19.2. The highest BCUT2D eigenvalue weighted by atomic mass is 16.8. The van der Waals surface area contributed by atoms with Crippen LogP contribution in [0.25, 0.3) is 0 Å². The first kappa shape index (κ1) is 66.0. The summed E-state index contributed by atoms with van der Waals surface area (Å²) in [4.78, 5) is 39.6. The van der Waals surface area contributed by atoms with Gasteiger partial charge in [0, 0.05) is 11.8 Å². The highest BCUT2D eigenvalue weighted by Crippen LogP contribution is 2.76. The Bertz CT molecular complexity index is 2380. The second-order valence-corrected chi connectivity index (χ2v) is 28.2. The molecule has 0 bridgehead atoms. The molecule has 0 aromatic heterocycles. The molecule has 4 saturated carbocycles. The summed E-state index contributed by atoms with van der Waals surface area (Å²) in [6.45, 7) is 19.9. The lowest BCUT2D eigenvalue weighted by molar-refractivity contribution is -0.397. The molecule has 480 valence electrons. The first-order valence-corrected chi connectivity index (χ1v) is 30.5. The number of hydrogen-bond acceptors (Lipinski definition) is 23. The van der Waals surface area contributed by atoms with E-state index in [2.05, 4.69) is 54.5 Å². The van der Waals surface area contributed by atoms with Gasteiger partial charge in [0.1, 0.15) is 91.7 Å². The number of esters is 1. The number of hydrogen-bond donors (Lipinski definition) is 12. The molecule has 9 aliphatic rings. The van der Waals surface area contributed by atoms with E-state index >= 15 is 0 Å². The number of fused-ring (bicyclic) bond motifs is 7. The Labute approximate surface area is 491 Å². The molecule has 9 rings (SSSR count). The lowest BCUT2D eigenvalue weighted by Gasteiger charge is -2.72. The predicted octanol–water partition coefficient (Wildman–Crippen LogP) is 0.580. The molecule has 0 aromatic rings. The van der Waals surface area contributed by atoms with Crippen molar-refractivity contribution in [3.05, 3.63) is 11.6 Å². The molecular formula is C60H96O24. The monoisotopic (exact) mass is 1200 g/mol. The van der Waals surface area contributed by atoms with Gasteiger partial charge in [0.15, 0.2) is 31.3 Å². The number of carboxylic acids is 1. The summed E-state index contributed by atoms with van der Waals surface area (Å²) < 4.78 is 54.5. The van der Waals surface area contributed by atoms with Crippen molar-refractivity contribution in [2.45, 2.75) is 262 Å². The van der Waals surface area contributed by atoms with Crippen molar-refractivity contribution in [1.82, 2.24) is 0 Å². The summed E-state index contributed by atoms with van der Waals surface area (Å²) in [7, 11) is 0. The first-order chi connectivity index (χ1) is 39.3. The van der Waals surface area contributed by atoms with Gasteiger partial charge in [0.05, 0.1) is 43.4 Å². The van der Waals surface area contributed by atoms with Gasteiger partial charge in [-0.3, -0.25) is 4.79 Å². The van der Waals surface area contributed by atoms with Gasteiger partial charge in [-0.2, -0.15) is 0 Å². The molecule has 31 atom stereocenters. The number of rotatable bonds is 16. The van der Waals surface area contributed by atoms with Crippen LogP contribution in [0, 0.1) is 62.1 Å². The Balaban J connectivity index is 0.937. The van der Waals surface area contributed by atoms with E-state index in [1.54, 1.807) is 0 Å². The Morgan fingerprint density at radius 3 is 1.86 bits per heavy atom. The standard InChI is InChI=1S/C60H96O24/c1-11-26(2)51(75)84-49-27(3)56(6)18-19-59(9)28(29(56)21-55(49,4)5)12-13-35-57(7)16-15-36(58(8,25-64)34(57)14-17-60(35,59)10)80-37-20-30(38(65)31(22-61)76-37)77-53-47(42(69)40(67)33(24-63)79-53)83-54-48(44(71)43(70)46(81-54)50(73)74)82-52-45(72)41(68)39(66)32(23-62)78-52/h12,25-27,29-49,52-54,61-63,65-72H,11,13-24H2,1-10H3,(H,73,74)/t26?,27-,29-,30+,31+,32+,33+,34+,35+,36-,37-,38-,39+,40+,41-,42-,43-,44-,45+,46-,47+,48+,49-,52-,53+,54-,56-,57-,58-,59+,60+/m0/s1. The second-order valence-electron chi connectivity index (χ2n) is 28.2. The summed E-state index contributed by atoms with van der Waals surface area (Å²) in [5.74, 6) is -1.55. The van der Waals surface area contributed by atoms with Gasteiger partial charge in [-0.25, -0.2) is 4.79 Å². The smallest absolute Gasteiger partial charge is 0.335 e. The normalized spacial score (nSPS) is 52.3. The van der Waals surface area contributed by atoms with Crippen LogP contribution in [0.3, 0.4) is 0 Å². The second kappa shape index (κ2) is 24.4. The number of ether oxygens (including phenoxy) is 9. The molecule has 84 heavy (non-hydrogen) atoms. The van der Waals surface area contributed by atoms with Gasteiger partial charge in [0.25, 0.3) is 0 Å². The van der Waals surface area contributed by atoms with Gasteiger partial charge >= 0.3 is 11.9 Å². The number of aliphatic hydroxyl groups is 11. The van der Waals surface area contributed by atoms with Crippen molar-refractivity contribution in [1.29, 1.82) is 0 Å². The van der Waals surface area contributed by atoms with Crippen LogP contribution in [0.15, 0.2) is 11.6 Å². The van der Waals surface area contributed by atoms with Crippen LogP contribution < -0.4 is 0 Å². The van der Waals surface area contributed by atoms with Crippen LogP contribution in [0.4, 0.5) is 0 Å². The van der Waals surface area contributed by atoms with E-state index in [4.69, 9.17) is 42.6 Å². The molecule has 24 heteroatoms. The SMILES string of the molecule is CCC(C)C(=O)O[C@H]1[C@H](C)[C@]2(C)CC[C@]3(C)C(=CC[C@@H]4[C@@]5(C)CC[C@H](O[C@H]6C[C@@H](O[C@@H]7O[C@H](CO)[C@@H](O)[C@H](O)[C@H]7O[C@@H]7O[C@H](C(=O)O)[C@@H](O)[C@H](O)[C@H]7O[C@@H]7O[C@H](CO)[C@@H](O)[C@H](O)[C@H]7O)[C@H](O)[C@@H](CO)O6)[C@@](C)(C=O)[C@@H]5CC[C@]43C)[C@@H]2CC1(C)C. The predicted molar refractivity (Wildman–Crippen MR) is 290 cm³/mol. The van der Waals surface area contributed by atoms with Gasteiger partial charge in [0.2, 0.25) is 0 Å². The molecule has 4 saturated heterocycles. The Morgan fingerprint density at radius 2 is 1.25 bits per heavy atom. The summed E-state index contributed by atoms with van der Waals surface area (Å²) in [6, 6.07) is 0. The molecule has 24 nitrogen and oxygen atoms in total. The maximum atomic E-state index is 13.9. The number of aliphatic carboxylic acids is 1. The minimum atomic E-state index is -2.25. The topological polar surface area (TPSA) is 377 Å². The zero-order valence-corrected chi connectivity index (χ0v) is 50.1. The van der Waals surface area contributed by atoms with E-state index in [9.17, 15) is 75.7 Å². The number of aldehydes is 1. The van der Waals surface area contributed by atoms with Crippen LogP contribution >= 0.6 is 0 Å². The lowest BCUT2D eigenvalue weighted by Crippen LogP contribution is -2.68. The summed E-state index contributed by atoms with van der Waals surface area (Å²) >= 11 is 0. The third-order valence-electron chi connectivity index (χ3n) is 23.4. The minimum Gasteiger partial charge on any atom is -0.479 e. The number of carboxylic acid groups (broad SMARTS) is 1. The van der Waals surface area contributed by atoms with E-state index in [0.29, 0.717) is 12.3 Å². The molecule has 4 heterocycles. The lowest BCUT2D eigenvalue weighted by atomic mass is 9.33. The van der Waals surface area contributed by atoms with Crippen molar-refractivity contribution < 1.29 is 118 Å². The molecule has 8 fully saturated rings. The van der Waals surface area contributed by atoms with E-state index in [1.807, 2.05) is 20.8 Å². The highest BCUT2D eigenvalue weighted by Gasteiger charge is 2.71. The molecule has 4 aliphatic heterocycles. The van der Waals surface area contributed by atoms with Crippen molar-refractivity contribution in [2.75, 3.05) is 19.8 Å². The fraction of sp³-hybridized carbons (Fsp3) is 0.917. The van der Waals surface area contributed by atoms with Gasteiger partial charge in [-0.15, -0.1) is 0 Å². The summed E-state index contributed by atoms with van der Waals surface area (Å²) in [5, 5.41) is 129. The third kappa shape index (κ3) is 10.9. The largest absolute Gasteiger partial charge is 0.479 e. The van der Waals surface area contributed by atoms with Gasteiger partial charge in [-0.1, -0.05) is 80.9 Å². The molecule has 0 radical (unpaired) electrons. The van der Waals surface area contributed by atoms with E-state index < -0.39 is 154 Å².